The Labute approximate surface area is 209 Å². The topological polar surface area (TPSA) is 155 Å². The van der Waals surface area contributed by atoms with E-state index in [-0.39, 0.29) is 49.2 Å². The monoisotopic (exact) mass is 510 g/mol. The van der Waals surface area contributed by atoms with Crippen LogP contribution < -0.4 is 0 Å². The molecule has 0 aromatic rings. The first-order chi connectivity index (χ1) is 16.6. The molecule has 0 bridgehead atoms. The predicted molar refractivity (Wildman–Crippen MR) is 122 cm³/mol. The number of carbonyl (C=O) groups is 4. The molecule has 6 atom stereocenters. The molecule has 11 nitrogen and oxygen atoms in total. The molecule has 1 aliphatic heterocycles. The Morgan fingerprint density at radius 1 is 1.08 bits per heavy atom. The number of hydrogen-bond donors (Lipinski definition) is 2. The van der Waals surface area contributed by atoms with Crippen LogP contribution in [0.4, 0.5) is 0 Å². The van der Waals surface area contributed by atoms with Gasteiger partial charge in [0.25, 0.3) is 0 Å². The van der Waals surface area contributed by atoms with Crippen molar-refractivity contribution in [1.82, 2.24) is 0 Å². The summed E-state index contributed by atoms with van der Waals surface area (Å²) < 4.78 is 28.2. The van der Waals surface area contributed by atoms with Gasteiger partial charge in [-0.05, 0) is 40.5 Å². The second-order valence-electron chi connectivity index (χ2n) is 10.1. The van der Waals surface area contributed by atoms with Gasteiger partial charge in [-0.1, -0.05) is 6.58 Å². The number of aliphatic hydroxyl groups is 2. The molecule has 2 fully saturated rings. The summed E-state index contributed by atoms with van der Waals surface area (Å²) >= 11 is 0. The summed E-state index contributed by atoms with van der Waals surface area (Å²) in [4.78, 5) is 50.4. The zero-order chi connectivity index (χ0) is 27.3. The van der Waals surface area contributed by atoms with Crippen molar-refractivity contribution in [1.29, 1.82) is 0 Å². The Morgan fingerprint density at radius 3 is 2.25 bits per heavy atom. The number of esters is 4. The molecule has 0 radical (unpaired) electrons. The van der Waals surface area contributed by atoms with E-state index >= 15 is 0 Å². The van der Waals surface area contributed by atoms with E-state index in [9.17, 15) is 29.4 Å². The number of ether oxygens (including phenoxy) is 5. The molecule has 2 saturated carbocycles. The van der Waals surface area contributed by atoms with Gasteiger partial charge in [-0.3, -0.25) is 9.59 Å². The van der Waals surface area contributed by atoms with Gasteiger partial charge in [0.1, 0.15) is 17.3 Å². The van der Waals surface area contributed by atoms with Crippen LogP contribution >= 0.6 is 0 Å². The highest BCUT2D eigenvalue weighted by Gasteiger charge is 2.81. The minimum Gasteiger partial charge on any atom is -0.456 e. The van der Waals surface area contributed by atoms with Crippen molar-refractivity contribution in [3.8, 4) is 0 Å². The maximum Gasteiger partial charge on any atom is 0.337 e. The van der Waals surface area contributed by atoms with Crippen LogP contribution in [0.2, 0.25) is 0 Å². The van der Waals surface area contributed by atoms with Crippen LogP contribution in [0.25, 0.3) is 0 Å². The highest BCUT2D eigenvalue weighted by atomic mass is 16.6. The SMILES string of the molecule is C=C(C)C(=O)OC1CC(C)(OC(C)=O)C2(O)CCC(C)(O)C(OC(C)=O)C23OC(=O)C(COCC)=C13. The summed E-state index contributed by atoms with van der Waals surface area (Å²) in [5.41, 5.74) is -8.02. The fourth-order valence-corrected chi connectivity index (χ4v) is 5.71. The molecule has 2 N–H and O–H groups in total. The molecule has 3 rings (SSSR count). The molecule has 0 amide bonds. The molecule has 6 unspecified atom stereocenters. The van der Waals surface area contributed by atoms with E-state index in [2.05, 4.69) is 6.58 Å². The van der Waals surface area contributed by atoms with Gasteiger partial charge in [-0.25, -0.2) is 9.59 Å². The van der Waals surface area contributed by atoms with E-state index in [0.717, 1.165) is 13.8 Å². The quantitative estimate of drug-likeness (QED) is 0.287. The van der Waals surface area contributed by atoms with Crippen LogP contribution in [-0.2, 0) is 42.9 Å². The Morgan fingerprint density at radius 2 is 1.72 bits per heavy atom. The second kappa shape index (κ2) is 9.28. The molecular formula is C25H34O11. The maximum absolute atomic E-state index is 13.3. The van der Waals surface area contributed by atoms with Crippen LogP contribution in [0.3, 0.4) is 0 Å². The normalized spacial score (nSPS) is 37.4. The van der Waals surface area contributed by atoms with Gasteiger partial charge < -0.3 is 33.9 Å². The van der Waals surface area contributed by atoms with Crippen LogP contribution in [0, 0.1) is 0 Å². The molecule has 36 heavy (non-hydrogen) atoms. The van der Waals surface area contributed by atoms with Crippen molar-refractivity contribution in [2.24, 2.45) is 0 Å². The molecule has 1 heterocycles. The Bertz CT molecular complexity index is 1030. The molecule has 1 spiro atoms. The van der Waals surface area contributed by atoms with Gasteiger partial charge in [-0.15, -0.1) is 0 Å². The number of carbonyl (C=O) groups excluding carboxylic acids is 4. The average molecular weight is 511 g/mol. The molecule has 200 valence electrons. The first kappa shape index (κ1) is 27.8. The molecule has 2 aliphatic carbocycles. The van der Waals surface area contributed by atoms with Gasteiger partial charge in [-0.2, -0.15) is 0 Å². The van der Waals surface area contributed by atoms with E-state index in [1.54, 1.807) is 6.92 Å². The largest absolute Gasteiger partial charge is 0.456 e. The summed E-state index contributed by atoms with van der Waals surface area (Å²) in [5.74, 6) is -3.28. The highest BCUT2D eigenvalue weighted by molar-refractivity contribution is 5.95. The van der Waals surface area contributed by atoms with Crippen molar-refractivity contribution >= 4 is 23.9 Å². The van der Waals surface area contributed by atoms with Gasteiger partial charge in [0, 0.05) is 38.0 Å². The summed E-state index contributed by atoms with van der Waals surface area (Å²) in [7, 11) is 0. The Kier molecular flexibility index (Phi) is 7.17. The van der Waals surface area contributed by atoms with Gasteiger partial charge >= 0.3 is 23.9 Å². The van der Waals surface area contributed by atoms with Crippen LogP contribution in [-0.4, -0.2) is 81.9 Å². The number of rotatable bonds is 7. The van der Waals surface area contributed by atoms with Crippen molar-refractivity contribution < 1.29 is 53.1 Å². The van der Waals surface area contributed by atoms with Gasteiger partial charge in [0.05, 0.1) is 12.2 Å². The van der Waals surface area contributed by atoms with Crippen molar-refractivity contribution in [3.05, 3.63) is 23.3 Å². The second-order valence-corrected chi connectivity index (χ2v) is 10.1. The summed E-state index contributed by atoms with van der Waals surface area (Å²) in [6.07, 6.45) is -3.47. The lowest BCUT2D eigenvalue weighted by Gasteiger charge is -2.63. The van der Waals surface area contributed by atoms with Gasteiger partial charge in [0.15, 0.2) is 11.7 Å². The lowest BCUT2D eigenvalue weighted by atomic mass is 9.51. The van der Waals surface area contributed by atoms with E-state index in [1.807, 2.05) is 0 Å². The van der Waals surface area contributed by atoms with Crippen LogP contribution in [0.5, 0.6) is 0 Å². The zero-order valence-corrected chi connectivity index (χ0v) is 21.5. The van der Waals surface area contributed by atoms with E-state index in [0.29, 0.717) is 0 Å². The van der Waals surface area contributed by atoms with Crippen LogP contribution in [0.1, 0.15) is 60.8 Å². The number of hydrogen-bond acceptors (Lipinski definition) is 11. The molecule has 0 saturated heterocycles. The average Bonchev–Trinajstić information content (AvgIpc) is 3.04. The molecule has 0 aromatic heterocycles. The lowest BCUT2D eigenvalue weighted by Crippen LogP contribution is -2.82. The smallest absolute Gasteiger partial charge is 0.337 e. The molecular weight excluding hydrogens is 476 g/mol. The summed E-state index contributed by atoms with van der Waals surface area (Å²) in [6, 6.07) is 0. The summed E-state index contributed by atoms with van der Waals surface area (Å²) in [6.45, 7) is 11.8. The van der Waals surface area contributed by atoms with Crippen molar-refractivity contribution in [2.75, 3.05) is 13.2 Å². The van der Waals surface area contributed by atoms with Gasteiger partial charge in [0.2, 0.25) is 5.60 Å². The fraction of sp³-hybridized carbons (Fsp3) is 0.680. The lowest BCUT2D eigenvalue weighted by molar-refractivity contribution is -0.324. The van der Waals surface area contributed by atoms with E-state index in [1.165, 1.54) is 20.8 Å². The molecule has 3 aliphatic rings. The first-order valence-electron chi connectivity index (χ1n) is 11.8. The minimum atomic E-state index is -2.26. The van der Waals surface area contributed by atoms with Crippen molar-refractivity contribution in [3.63, 3.8) is 0 Å². The Hall–Kier alpha value is -2.76. The third-order valence-electron chi connectivity index (χ3n) is 7.24. The first-order valence-corrected chi connectivity index (χ1v) is 11.8. The Balaban J connectivity index is 2.40. The van der Waals surface area contributed by atoms with E-state index < -0.39 is 58.5 Å². The zero-order valence-electron chi connectivity index (χ0n) is 21.5. The standard InChI is InChI=1S/C25H34O11/c1-8-32-12-16-18-17(34-19(28)13(2)3)11-23(7,35-15(5)27)24(31)10-9-22(6,30)21(33-14(4)26)25(18,24)36-20(16)29/h17,21,30-31H,2,8-12H2,1,3-7H3. The van der Waals surface area contributed by atoms with E-state index in [4.69, 9.17) is 23.7 Å². The van der Waals surface area contributed by atoms with Crippen LogP contribution in [0.15, 0.2) is 23.3 Å². The molecule has 11 heteroatoms. The maximum atomic E-state index is 13.3. The third-order valence-corrected chi connectivity index (χ3v) is 7.24. The third kappa shape index (κ3) is 4.12. The fourth-order valence-electron chi connectivity index (χ4n) is 5.71. The minimum absolute atomic E-state index is 0.00565. The van der Waals surface area contributed by atoms with Crippen molar-refractivity contribution in [2.45, 2.75) is 95.4 Å². The molecule has 0 aromatic carbocycles. The summed E-state index contributed by atoms with van der Waals surface area (Å²) in [5, 5.41) is 23.7. The predicted octanol–water partition coefficient (Wildman–Crippen LogP) is 1.04. The highest BCUT2D eigenvalue weighted by Crippen LogP contribution is 2.63.